The summed E-state index contributed by atoms with van der Waals surface area (Å²) >= 11 is 1.67. The van der Waals surface area contributed by atoms with Gasteiger partial charge in [-0.25, -0.2) is 9.78 Å². The number of benzene rings is 1. The van der Waals surface area contributed by atoms with E-state index >= 15 is 0 Å². The van der Waals surface area contributed by atoms with E-state index in [1.54, 1.807) is 17.4 Å². The molecule has 0 unspecified atom stereocenters. The van der Waals surface area contributed by atoms with Crippen LogP contribution in [-0.4, -0.2) is 21.0 Å². The summed E-state index contributed by atoms with van der Waals surface area (Å²) in [7, 11) is 0. The molecule has 0 radical (unpaired) electrons. The highest BCUT2D eigenvalue weighted by atomic mass is 32.1. The zero-order valence-electron chi connectivity index (χ0n) is 14.6. The summed E-state index contributed by atoms with van der Waals surface area (Å²) in [6.07, 6.45) is 3.15. The van der Waals surface area contributed by atoms with E-state index in [2.05, 4.69) is 45.0 Å². The lowest BCUT2D eigenvalue weighted by molar-refractivity contribution is 0.0690. The zero-order chi connectivity index (χ0) is 18.4. The molecule has 0 aliphatic heterocycles. The molecular weight excluding hydrogens is 356 g/mol. The first-order valence-corrected chi connectivity index (χ1v) is 9.99. The molecule has 134 valence electrons. The molecule has 1 aromatic carbocycles. The van der Waals surface area contributed by atoms with Crippen LogP contribution in [0, 0.1) is 0 Å². The Morgan fingerprint density at radius 2 is 2.11 bits per heavy atom. The number of rotatable bonds is 5. The first-order valence-electron chi connectivity index (χ1n) is 9.05. The number of hydrogen-bond acceptors (Lipinski definition) is 3. The number of nitrogens with zero attached hydrogens (tertiary/aromatic N) is 1. The van der Waals surface area contributed by atoms with Crippen LogP contribution >= 0.6 is 11.3 Å². The first kappa shape index (κ1) is 16.3. The third-order valence-electron chi connectivity index (χ3n) is 5.17. The summed E-state index contributed by atoms with van der Waals surface area (Å²) in [5.41, 5.74) is 6.82. The van der Waals surface area contributed by atoms with E-state index in [1.807, 2.05) is 6.07 Å². The number of thiophene rings is 1. The number of nitrogens with one attached hydrogen (secondary N) is 1. The summed E-state index contributed by atoms with van der Waals surface area (Å²) in [6, 6.07) is 14.0. The molecule has 27 heavy (non-hydrogen) atoms. The number of aromatic amines is 1. The van der Waals surface area contributed by atoms with Crippen LogP contribution in [0.15, 0.2) is 53.2 Å². The van der Waals surface area contributed by atoms with E-state index in [1.165, 1.54) is 35.4 Å². The fraction of sp³-hybridized carbons (Fsp3) is 0.182. The molecule has 3 aromatic heterocycles. The Labute approximate surface area is 160 Å². The molecule has 5 heteroatoms. The second-order valence-electron chi connectivity index (χ2n) is 7.07. The summed E-state index contributed by atoms with van der Waals surface area (Å²) in [4.78, 5) is 19.2. The monoisotopic (exact) mass is 374 g/mol. The van der Waals surface area contributed by atoms with E-state index in [0.29, 0.717) is 12.3 Å². The summed E-state index contributed by atoms with van der Waals surface area (Å²) < 4.78 is 0. The molecule has 3 heterocycles. The Hall–Kier alpha value is -2.92. The fourth-order valence-corrected chi connectivity index (χ4v) is 4.31. The van der Waals surface area contributed by atoms with Gasteiger partial charge in [-0.3, -0.25) is 0 Å². The predicted molar refractivity (Wildman–Crippen MR) is 108 cm³/mol. The predicted octanol–water partition coefficient (Wildman–Crippen LogP) is 5.46. The van der Waals surface area contributed by atoms with Gasteiger partial charge in [0.15, 0.2) is 0 Å². The minimum absolute atomic E-state index is 0.0837. The van der Waals surface area contributed by atoms with E-state index < -0.39 is 5.97 Å². The average molecular weight is 374 g/mol. The maximum atomic E-state index is 11.3. The number of H-pyrrole nitrogens is 1. The van der Waals surface area contributed by atoms with Gasteiger partial charge >= 0.3 is 5.97 Å². The minimum Gasteiger partial charge on any atom is -0.477 e. The second kappa shape index (κ2) is 6.35. The van der Waals surface area contributed by atoms with E-state index in [0.717, 1.165) is 22.5 Å². The Morgan fingerprint density at radius 1 is 1.22 bits per heavy atom. The van der Waals surface area contributed by atoms with Gasteiger partial charge in [0, 0.05) is 34.0 Å². The normalized spacial score (nSPS) is 13.9. The average Bonchev–Trinajstić information content (AvgIpc) is 3.27. The third-order valence-corrected chi connectivity index (χ3v) is 5.86. The molecule has 1 saturated carbocycles. The fourth-order valence-electron chi connectivity index (χ4n) is 3.66. The van der Waals surface area contributed by atoms with Crippen LogP contribution in [0.1, 0.15) is 46.1 Å². The standard InChI is InChI=1S/C22H18N2O2S/c25-22(26)19-3-1-2-16(23-19)11-18-17-7-6-14(13-4-5-13)10-20(17)24-21(18)15-8-9-27-12-15/h1-3,6-10,12-13,24H,4-5,11H2,(H,25,26). The molecule has 1 fully saturated rings. The summed E-state index contributed by atoms with van der Waals surface area (Å²) in [5.74, 6) is -0.289. The van der Waals surface area contributed by atoms with E-state index in [-0.39, 0.29) is 5.69 Å². The Morgan fingerprint density at radius 3 is 2.85 bits per heavy atom. The lowest BCUT2D eigenvalue weighted by Crippen LogP contribution is -2.03. The highest BCUT2D eigenvalue weighted by Crippen LogP contribution is 2.42. The van der Waals surface area contributed by atoms with Gasteiger partial charge < -0.3 is 10.1 Å². The van der Waals surface area contributed by atoms with Crippen molar-refractivity contribution < 1.29 is 9.90 Å². The number of hydrogen-bond donors (Lipinski definition) is 2. The molecule has 0 spiro atoms. The maximum Gasteiger partial charge on any atom is 0.354 e. The molecule has 4 aromatic rings. The topological polar surface area (TPSA) is 66.0 Å². The summed E-state index contributed by atoms with van der Waals surface area (Å²) in [6.45, 7) is 0. The molecule has 0 atom stereocenters. The smallest absolute Gasteiger partial charge is 0.354 e. The molecule has 4 nitrogen and oxygen atoms in total. The Bertz CT molecular complexity index is 1140. The van der Waals surface area contributed by atoms with Gasteiger partial charge in [-0.1, -0.05) is 18.2 Å². The second-order valence-corrected chi connectivity index (χ2v) is 7.85. The van der Waals surface area contributed by atoms with Crippen LogP contribution in [-0.2, 0) is 6.42 Å². The van der Waals surface area contributed by atoms with Gasteiger partial charge in [-0.15, -0.1) is 0 Å². The molecule has 0 saturated heterocycles. The van der Waals surface area contributed by atoms with Crippen LogP contribution < -0.4 is 0 Å². The van der Waals surface area contributed by atoms with Crippen molar-refractivity contribution >= 4 is 28.2 Å². The van der Waals surface area contributed by atoms with Gasteiger partial charge in [-0.2, -0.15) is 11.3 Å². The van der Waals surface area contributed by atoms with Gasteiger partial charge in [-0.05, 0) is 59.5 Å². The molecule has 1 aliphatic rings. The van der Waals surface area contributed by atoms with Gasteiger partial charge in [0.2, 0.25) is 0 Å². The van der Waals surface area contributed by atoms with E-state index in [9.17, 15) is 9.90 Å². The third kappa shape index (κ3) is 3.04. The van der Waals surface area contributed by atoms with Crippen LogP contribution in [0.3, 0.4) is 0 Å². The quantitative estimate of drug-likeness (QED) is 0.488. The van der Waals surface area contributed by atoms with Gasteiger partial charge in [0.05, 0.1) is 5.69 Å². The molecule has 0 bridgehead atoms. The van der Waals surface area contributed by atoms with Crippen LogP contribution in [0.2, 0.25) is 0 Å². The first-order chi connectivity index (χ1) is 13.2. The highest BCUT2D eigenvalue weighted by molar-refractivity contribution is 7.08. The van der Waals surface area contributed by atoms with Gasteiger partial charge in [0.25, 0.3) is 0 Å². The summed E-state index contributed by atoms with van der Waals surface area (Å²) in [5, 5.41) is 14.6. The van der Waals surface area contributed by atoms with Crippen molar-refractivity contribution in [2.75, 3.05) is 0 Å². The molecular formula is C22H18N2O2S. The van der Waals surface area contributed by atoms with Crippen molar-refractivity contribution in [3.8, 4) is 11.3 Å². The van der Waals surface area contributed by atoms with Crippen molar-refractivity contribution in [2.45, 2.75) is 25.2 Å². The van der Waals surface area contributed by atoms with Crippen molar-refractivity contribution in [1.82, 2.24) is 9.97 Å². The number of carboxylic acid groups (broad SMARTS) is 1. The van der Waals surface area contributed by atoms with Crippen molar-refractivity contribution in [1.29, 1.82) is 0 Å². The number of carboxylic acids is 1. The van der Waals surface area contributed by atoms with Crippen molar-refractivity contribution in [3.63, 3.8) is 0 Å². The Kier molecular flexibility index (Phi) is 3.83. The largest absolute Gasteiger partial charge is 0.477 e. The maximum absolute atomic E-state index is 11.3. The number of aromatic nitrogens is 2. The Balaban J connectivity index is 1.63. The van der Waals surface area contributed by atoms with Crippen LogP contribution in [0.4, 0.5) is 0 Å². The minimum atomic E-state index is -0.997. The molecule has 0 amide bonds. The van der Waals surface area contributed by atoms with Crippen LogP contribution in [0.25, 0.3) is 22.2 Å². The van der Waals surface area contributed by atoms with E-state index in [4.69, 9.17) is 0 Å². The number of fused-ring (bicyclic) bond motifs is 1. The van der Waals surface area contributed by atoms with Gasteiger partial charge in [0.1, 0.15) is 5.69 Å². The molecule has 1 aliphatic carbocycles. The zero-order valence-corrected chi connectivity index (χ0v) is 15.4. The lowest BCUT2D eigenvalue weighted by Gasteiger charge is -2.05. The number of carbonyl (C=O) groups is 1. The molecule has 2 N–H and O–H groups in total. The van der Waals surface area contributed by atoms with Crippen LogP contribution in [0.5, 0.6) is 0 Å². The highest BCUT2D eigenvalue weighted by Gasteiger charge is 2.24. The lowest BCUT2D eigenvalue weighted by atomic mass is 10.0. The SMILES string of the molecule is O=C(O)c1cccc(Cc2c(-c3ccsc3)[nH]c3cc(C4CC4)ccc23)n1. The number of aromatic carboxylic acids is 1. The number of pyridine rings is 1. The molecule has 5 rings (SSSR count). The van der Waals surface area contributed by atoms with Crippen molar-refractivity contribution in [2.24, 2.45) is 0 Å². The van der Waals surface area contributed by atoms with Crippen molar-refractivity contribution in [3.05, 3.63) is 75.7 Å².